The van der Waals surface area contributed by atoms with Gasteiger partial charge in [-0.2, -0.15) is 18.3 Å². The van der Waals surface area contributed by atoms with Gasteiger partial charge in [0.2, 0.25) is 0 Å². The van der Waals surface area contributed by atoms with Crippen molar-refractivity contribution >= 4 is 0 Å². The molecule has 22 heavy (non-hydrogen) atoms. The summed E-state index contributed by atoms with van der Waals surface area (Å²) < 4.78 is 42.9. The average Bonchev–Trinajstić information content (AvgIpc) is 2.48. The molecule has 0 radical (unpaired) electrons. The minimum Gasteiger partial charge on any atom is -0.496 e. The Morgan fingerprint density at radius 3 is 2.32 bits per heavy atom. The highest BCUT2D eigenvalue weighted by Crippen LogP contribution is 2.36. The van der Waals surface area contributed by atoms with Crippen molar-refractivity contribution in [1.82, 2.24) is 10.2 Å². The number of benzene rings is 1. The standard InChI is InChI=1S/C13H11F3N2O2.C2H6/c1-7-5-11(19)17-18-12(7)9-4-3-8(13(14,15)16)6-10(9)20-2;1-2/h3-6H,1-2H3,(H,17,19);1-2H3. The first-order chi connectivity index (χ1) is 10.3. The van der Waals surface area contributed by atoms with Crippen LogP contribution in [0.2, 0.25) is 0 Å². The predicted octanol–water partition coefficient (Wildman–Crippen LogP) is 3.80. The molecule has 0 aliphatic carbocycles. The van der Waals surface area contributed by atoms with Gasteiger partial charge in [-0.25, -0.2) is 5.10 Å². The molecule has 0 fully saturated rings. The molecule has 0 saturated heterocycles. The molecule has 1 N–H and O–H groups in total. The molecule has 0 atom stereocenters. The number of H-pyrrole nitrogens is 1. The summed E-state index contributed by atoms with van der Waals surface area (Å²) in [6.07, 6.45) is -4.45. The molecule has 0 unspecified atom stereocenters. The number of aryl methyl sites for hydroxylation is 1. The SMILES string of the molecule is CC.COc1cc(C(F)(F)F)ccc1-c1n[nH]c(=O)cc1C. The van der Waals surface area contributed by atoms with Crippen molar-refractivity contribution < 1.29 is 17.9 Å². The van der Waals surface area contributed by atoms with E-state index < -0.39 is 11.7 Å². The number of ether oxygens (including phenoxy) is 1. The van der Waals surface area contributed by atoms with E-state index in [0.717, 1.165) is 12.1 Å². The fourth-order valence-electron chi connectivity index (χ4n) is 1.83. The maximum absolute atomic E-state index is 12.7. The minimum absolute atomic E-state index is 0.0440. The Hall–Kier alpha value is -2.31. The van der Waals surface area contributed by atoms with E-state index in [1.165, 1.54) is 19.2 Å². The van der Waals surface area contributed by atoms with Crippen molar-refractivity contribution in [1.29, 1.82) is 0 Å². The van der Waals surface area contributed by atoms with Crippen LogP contribution in [-0.2, 0) is 6.18 Å². The van der Waals surface area contributed by atoms with Crippen LogP contribution in [0.15, 0.2) is 29.1 Å². The van der Waals surface area contributed by atoms with Crippen molar-refractivity contribution in [2.75, 3.05) is 7.11 Å². The molecule has 0 aliphatic heterocycles. The first-order valence-electron chi connectivity index (χ1n) is 6.65. The zero-order chi connectivity index (χ0) is 16.9. The van der Waals surface area contributed by atoms with Gasteiger partial charge < -0.3 is 4.74 Å². The lowest BCUT2D eigenvalue weighted by Gasteiger charge is -2.13. The van der Waals surface area contributed by atoms with E-state index in [9.17, 15) is 18.0 Å². The van der Waals surface area contributed by atoms with E-state index in [1.54, 1.807) is 6.92 Å². The minimum atomic E-state index is -4.45. The Morgan fingerprint density at radius 1 is 1.18 bits per heavy atom. The number of alkyl halides is 3. The van der Waals surface area contributed by atoms with Crippen molar-refractivity contribution in [2.45, 2.75) is 26.9 Å². The maximum Gasteiger partial charge on any atom is 0.416 e. The van der Waals surface area contributed by atoms with Crippen LogP contribution in [0.3, 0.4) is 0 Å². The fraction of sp³-hybridized carbons (Fsp3) is 0.333. The summed E-state index contributed by atoms with van der Waals surface area (Å²) in [6.45, 7) is 5.65. The average molecular weight is 314 g/mol. The van der Waals surface area contributed by atoms with Gasteiger partial charge in [-0.15, -0.1) is 0 Å². The Bertz CT molecular complexity index is 694. The number of nitrogens with one attached hydrogen (secondary N) is 1. The molecular formula is C15H17F3N2O2. The second-order valence-electron chi connectivity index (χ2n) is 4.18. The molecule has 1 aromatic heterocycles. The third kappa shape index (κ3) is 3.87. The first kappa shape index (κ1) is 17.7. The molecule has 0 saturated carbocycles. The molecule has 0 aliphatic rings. The van der Waals surface area contributed by atoms with Crippen LogP contribution in [0.25, 0.3) is 11.3 Å². The number of methoxy groups -OCH3 is 1. The maximum atomic E-state index is 12.7. The summed E-state index contributed by atoms with van der Waals surface area (Å²) >= 11 is 0. The van der Waals surface area contributed by atoms with Gasteiger partial charge in [0.15, 0.2) is 0 Å². The van der Waals surface area contributed by atoms with E-state index in [0.29, 0.717) is 16.8 Å². The number of hydrogen-bond donors (Lipinski definition) is 1. The van der Waals surface area contributed by atoms with Gasteiger partial charge in [-0.3, -0.25) is 4.79 Å². The summed E-state index contributed by atoms with van der Waals surface area (Å²) in [7, 11) is 1.28. The monoisotopic (exact) mass is 314 g/mol. The Kier molecular flexibility index (Phi) is 5.73. The number of hydrogen-bond acceptors (Lipinski definition) is 3. The predicted molar refractivity (Wildman–Crippen MR) is 77.9 cm³/mol. The Labute approximate surface area is 125 Å². The molecule has 1 aromatic carbocycles. The van der Waals surface area contributed by atoms with Gasteiger partial charge in [0, 0.05) is 11.6 Å². The van der Waals surface area contributed by atoms with Crippen LogP contribution >= 0.6 is 0 Å². The van der Waals surface area contributed by atoms with E-state index in [2.05, 4.69) is 10.2 Å². The molecule has 2 aromatic rings. The van der Waals surface area contributed by atoms with Gasteiger partial charge in [-0.1, -0.05) is 13.8 Å². The number of nitrogens with zero attached hydrogens (tertiary/aromatic N) is 1. The normalized spacial score (nSPS) is 10.7. The fourth-order valence-corrected chi connectivity index (χ4v) is 1.83. The Balaban J connectivity index is 0.00000116. The molecule has 4 nitrogen and oxygen atoms in total. The molecule has 0 amide bonds. The summed E-state index contributed by atoms with van der Waals surface area (Å²) in [5.74, 6) is 0.0440. The summed E-state index contributed by atoms with van der Waals surface area (Å²) in [5.41, 5.74) is 0.119. The third-order valence-corrected chi connectivity index (χ3v) is 2.78. The van der Waals surface area contributed by atoms with Gasteiger partial charge in [0.25, 0.3) is 5.56 Å². The van der Waals surface area contributed by atoms with E-state index in [-0.39, 0.29) is 11.3 Å². The quantitative estimate of drug-likeness (QED) is 0.917. The highest BCUT2D eigenvalue weighted by atomic mass is 19.4. The number of halogens is 3. The molecule has 1 heterocycles. The largest absolute Gasteiger partial charge is 0.496 e. The zero-order valence-electron chi connectivity index (χ0n) is 12.7. The van der Waals surface area contributed by atoms with Crippen LogP contribution in [0, 0.1) is 6.92 Å². The lowest BCUT2D eigenvalue weighted by molar-refractivity contribution is -0.137. The molecule has 2 rings (SSSR count). The number of aromatic nitrogens is 2. The molecule has 7 heteroatoms. The lowest BCUT2D eigenvalue weighted by atomic mass is 10.0. The van der Waals surface area contributed by atoms with Crippen molar-refractivity contribution in [2.24, 2.45) is 0 Å². The van der Waals surface area contributed by atoms with Gasteiger partial charge in [0.1, 0.15) is 5.75 Å². The van der Waals surface area contributed by atoms with Crippen LogP contribution in [-0.4, -0.2) is 17.3 Å². The van der Waals surface area contributed by atoms with Gasteiger partial charge >= 0.3 is 6.18 Å². The molecule has 120 valence electrons. The molecule has 0 bridgehead atoms. The topological polar surface area (TPSA) is 55.0 Å². The number of rotatable bonds is 2. The van der Waals surface area contributed by atoms with Crippen molar-refractivity contribution in [3.63, 3.8) is 0 Å². The van der Waals surface area contributed by atoms with Gasteiger partial charge in [-0.05, 0) is 30.7 Å². The van der Waals surface area contributed by atoms with Crippen LogP contribution < -0.4 is 10.3 Å². The second kappa shape index (κ2) is 7.11. The smallest absolute Gasteiger partial charge is 0.416 e. The van der Waals surface area contributed by atoms with Crippen LogP contribution in [0.5, 0.6) is 5.75 Å². The van der Waals surface area contributed by atoms with Crippen LogP contribution in [0.1, 0.15) is 25.0 Å². The summed E-state index contributed by atoms with van der Waals surface area (Å²) in [6, 6.07) is 4.44. The molecular weight excluding hydrogens is 297 g/mol. The van der Waals surface area contributed by atoms with Gasteiger partial charge in [0.05, 0.1) is 18.4 Å². The summed E-state index contributed by atoms with van der Waals surface area (Å²) in [4.78, 5) is 11.1. The van der Waals surface area contributed by atoms with E-state index >= 15 is 0 Å². The van der Waals surface area contributed by atoms with Crippen molar-refractivity contribution in [3.05, 3.63) is 45.7 Å². The van der Waals surface area contributed by atoms with Crippen LogP contribution in [0.4, 0.5) is 13.2 Å². The van der Waals surface area contributed by atoms with Crippen molar-refractivity contribution in [3.8, 4) is 17.0 Å². The first-order valence-corrected chi connectivity index (χ1v) is 6.65. The Morgan fingerprint density at radius 2 is 1.82 bits per heavy atom. The van der Waals surface area contributed by atoms with E-state index in [4.69, 9.17) is 4.74 Å². The summed E-state index contributed by atoms with van der Waals surface area (Å²) in [5, 5.41) is 6.10. The molecule has 0 spiro atoms. The zero-order valence-corrected chi connectivity index (χ0v) is 12.7. The highest BCUT2D eigenvalue weighted by molar-refractivity contribution is 5.70. The highest BCUT2D eigenvalue weighted by Gasteiger charge is 2.31. The number of aromatic amines is 1. The lowest BCUT2D eigenvalue weighted by Crippen LogP contribution is -2.09. The third-order valence-electron chi connectivity index (χ3n) is 2.78. The second-order valence-corrected chi connectivity index (χ2v) is 4.18. The van der Waals surface area contributed by atoms with E-state index in [1.807, 2.05) is 13.8 Å².